The number of alkyl halides is 3. The Labute approximate surface area is 188 Å². The number of ether oxygens (including phenoxy) is 1. The molecule has 0 aromatic heterocycles. The molecule has 0 spiro atoms. The van der Waals surface area contributed by atoms with E-state index in [4.69, 9.17) is 0 Å². The van der Waals surface area contributed by atoms with Gasteiger partial charge in [0, 0.05) is 24.8 Å². The van der Waals surface area contributed by atoms with Crippen molar-refractivity contribution in [3.05, 3.63) is 59.8 Å². The van der Waals surface area contributed by atoms with Gasteiger partial charge >= 0.3 is 6.36 Å². The van der Waals surface area contributed by atoms with Crippen LogP contribution in [0, 0.1) is 5.92 Å². The molecule has 3 amide bonds. The molecule has 0 saturated heterocycles. The molecule has 2 aromatic carbocycles. The summed E-state index contributed by atoms with van der Waals surface area (Å²) >= 11 is 0. The zero-order valence-electron chi connectivity index (χ0n) is 18.1. The zero-order valence-corrected chi connectivity index (χ0v) is 18.1. The second-order valence-corrected chi connectivity index (χ2v) is 7.82. The number of amides is 3. The van der Waals surface area contributed by atoms with Crippen molar-refractivity contribution in [1.29, 1.82) is 0 Å². The van der Waals surface area contributed by atoms with Gasteiger partial charge in [-0.25, -0.2) is 0 Å². The Hall–Kier alpha value is -3.82. The van der Waals surface area contributed by atoms with Crippen LogP contribution in [0.3, 0.4) is 0 Å². The monoisotopic (exact) mass is 461 g/mol. The van der Waals surface area contributed by atoms with E-state index in [1.807, 2.05) is 13.8 Å². The van der Waals surface area contributed by atoms with Gasteiger partial charge in [0.2, 0.25) is 5.91 Å². The van der Waals surface area contributed by atoms with E-state index >= 15 is 0 Å². The standard InChI is InChI=1S/C23H22F3N3O4/c1-13(2)12-29-21(31)19(15-4-6-16(7-5-15)27-14(3)30)20(22(29)32)28-17-8-10-18(11-9-17)33-23(24,25)26/h4-11,13,28H,12H2,1-3H3,(H,27,30). The van der Waals surface area contributed by atoms with Gasteiger partial charge in [-0.3, -0.25) is 19.3 Å². The summed E-state index contributed by atoms with van der Waals surface area (Å²) in [6.07, 6.45) is -4.82. The van der Waals surface area contributed by atoms with E-state index in [9.17, 15) is 27.6 Å². The van der Waals surface area contributed by atoms with Crippen LogP contribution >= 0.6 is 0 Å². The van der Waals surface area contributed by atoms with Crippen LogP contribution in [0.15, 0.2) is 54.2 Å². The number of imide groups is 1. The van der Waals surface area contributed by atoms with Crippen LogP contribution in [0.1, 0.15) is 26.3 Å². The summed E-state index contributed by atoms with van der Waals surface area (Å²) in [6.45, 7) is 5.31. The van der Waals surface area contributed by atoms with E-state index in [0.29, 0.717) is 16.9 Å². The van der Waals surface area contributed by atoms with E-state index in [-0.39, 0.29) is 29.6 Å². The highest BCUT2D eigenvalue weighted by molar-refractivity contribution is 6.36. The van der Waals surface area contributed by atoms with E-state index in [1.165, 1.54) is 19.1 Å². The van der Waals surface area contributed by atoms with Crippen LogP contribution in [0.25, 0.3) is 5.57 Å². The molecule has 0 radical (unpaired) electrons. The first-order valence-corrected chi connectivity index (χ1v) is 10.1. The fraction of sp³-hybridized carbons (Fsp3) is 0.261. The van der Waals surface area contributed by atoms with Gasteiger partial charge in [0.15, 0.2) is 0 Å². The lowest BCUT2D eigenvalue weighted by Gasteiger charge is -2.17. The fourth-order valence-electron chi connectivity index (χ4n) is 3.30. The van der Waals surface area contributed by atoms with Gasteiger partial charge < -0.3 is 15.4 Å². The van der Waals surface area contributed by atoms with Crippen molar-refractivity contribution in [2.24, 2.45) is 5.92 Å². The maximum atomic E-state index is 13.1. The SMILES string of the molecule is CC(=O)Nc1ccc(C2=C(Nc3ccc(OC(F)(F)F)cc3)C(=O)N(CC(C)C)C2=O)cc1. The van der Waals surface area contributed by atoms with Gasteiger partial charge in [0.1, 0.15) is 11.4 Å². The van der Waals surface area contributed by atoms with E-state index < -0.39 is 23.9 Å². The van der Waals surface area contributed by atoms with Crippen LogP contribution in [-0.2, 0) is 14.4 Å². The Bertz CT molecular complexity index is 1090. The average Bonchev–Trinajstić information content (AvgIpc) is 2.92. The van der Waals surface area contributed by atoms with Crippen molar-refractivity contribution in [2.45, 2.75) is 27.1 Å². The van der Waals surface area contributed by atoms with Crippen molar-refractivity contribution in [3.63, 3.8) is 0 Å². The first kappa shape index (κ1) is 23.8. The molecule has 2 N–H and O–H groups in total. The molecule has 33 heavy (non-hydrogen) atoms. The molecule has 1 aliphatic heterocycles. The number of nitrogens with one attached hydrogen (secondary N) is 2. The summed E-state index contributed by atoms with van der Waals surface area (Å²) in [5.74, 6) is -1.66. The lowest BCUT2D eigenvalue weighted by atomic mass is 10.0. The van der Waals surface area contributed by atoms with Gasteiger partial charge in [0.25, 0.3) is 11.8 Å². The molecule has 0 atom stereocenters. The van der Waals surface area contributed by atoms with Gasteiger partial charge in [-0.2, -0.15) is 0 Å². The molecule has 7 nitrogen and oxygen atoms in total. The summed E-state index contributed by atoms with van der Waals surface area (Å²) in [5.41, 5.74) is 1.42. The third kappa shape index (κ3) is 5.91. The largest absolute Gasteiger partial charge is 0.573 e. The topological polar surface area (TPSA) is 87.7 Å². The average molecular weight is 461 g/mol. The molecule has 3 rings (SSSR count). The summed E-state index contributed by atoms with van der Waals surface area (Å²) < 4.78 is 41.0. The van der Waals surface area contributed by atoms with Gasteiger partial charge in [-0.15, -0.1) is 13.2 Å². The first-order chi connectivity index (χ1) is 15.4. The minimum Gasteiger partial charge on any atom is -0.406 e. The lowest BCUT2D eigenvalue weighted by molar-refractivity contribution is -0.274. The minimum absolute atomic E-state index is 0.0115. The molecule has 0 aliphatic carbocycles. The number of hydrogen-bond donors (Lipinski definition) is 2. The van der Waals surface area contributed by atoms with Crippen LogP contribution in [0.5, 0.6) is 5.75 Å². The molecule has 0 unspecified atom stereocenters. The molecule has 10 heteroatoms. The number of halogens is 3. The normalized spacial score (nSPS) is 14.2. The van der Waals surface area contributed by atoms with Gasteiger partial charge in [-0.05, 0) is 47.9 Å². The lowest BCUT2D eigenvalue weighted by Crippen LogP contribution is -2.35. The second kappa shape index (κ2) is 9.35. The summed E-state index contributed by atoms with van der Waals surface area (Å²) in [4.78, 5) is 38.6. The Balaban J connectivity index is 1.95. The fourth-order valence-corrected chi connectivity index (χ4v) is 3.30. The Morgan fingerprint density at radius 3 is 2.06 bits per heavy atom. The summed E-state index contributed by atoms with van der Waals surface area (Å²) in [5, 5.41) is 5.50. The second-order valence-electron chi connectivity index (χ2n) is 7.82. The third-order valence-electron chi connectivity index (χ3n) is 4.57. The van der Waals surface area contributed by atoms with E-state index in [2.05, 4.69) is 15.4 Å². The van der Waals surface area contributed by atoms with Crippen molar-refractivity contribution in [2.75, 3.05) is 17.2 Å². The maximum absolute atomic E-state index is 13.1. The summed E-state index contributed by atoms with van der Waals surface area (Å²) in [7, 11) is 0. The predicted molar refractivity (Wildman–Crippen MR) is 116 cm³/mol. The van der Waals surface area contributed by atoms with Gasteiger partial charge in [-0.1, -0.05) is 26.0 Å². The number of nitrogens with zero attached hydrogens (tertiary/aromatic N) is 1. The Kier molecular flexibility index (Phi) is 6.75. The molecule has 2 aromatic rings. The third-order valence-corrected chi connectivity index (χ3v) is 4.57. The van der Waals surface area contributed by atoms with Crippen LogP contribution in [-0.4, -0.2) is 35.5 Å². The highest BCUT2D eigenvalue weighted by Gasteiger charge is 2.39. The van der Waals surface area contributed by atoms with E-state index in [0.717, 1.165) is 17.0 Å². The van der Waals surface area contributed by atoms with Crippen LogP contribution in [0.4, 0.5) is 24.5 Å². The van der Waals surface area contributed by atoms with Crippen LogP contribution in [0.2, 0.25) is 0 Å². The van der Waals surface area contributed by atoms with Crippen LogP contribution < -0.4 is 15.4 Å². The van der Waals surface area contributed by atoms with Crippen molar-refractivity contribution < 1.29 is 32.3 Å². The summed E-state index contributed by atoms with van der Waals surface area (Å²) in [6, 6.07) is 11.2. The highest BCUT2D eigenvalue weighted by atomic mass is 19.4. The zero-order chi connectivity index (χ0) is 24.3. The number of anilines is 2. The highest BCUT2D eigenvalue weighted by Crippen LogP contribution is 2.32. The number of carbonyl (C=O) groups is 3. The molecule has 0 saturated carbocycles. The molecule has 174 valence electrons. The molecule has 1 aliphatic rings. The molecular formula is C23H22F3N3O4. The van der Waals surface area contributed by atoms with Gasteiger partial charge in [0.05, 0.1) is 5.57 Å². The molecule has 0 bridgehead atoms. The number of carbonyl (C=O) groups excluding carboxylic acids is 3. The molecule has 0 fully saturated rings. The number of benzene rings is 2. The number of hydrogen-bond acceptors (Lipinski definition) is 5. The van der Waals surface area contributed by atoms with E-state index in [1.54, 1.807) is 24.3 Å². The minimum atomic E-state index is -4.82. The van der Waals surface area contributed by atoms with Crippen molar-refractivity contribution in [3.8, 4) is 5.75 Å². The molecule has 1 heterocycles. The smallest absolute Gasteiger partial charge is 0.406 e. The number of rotatable bonds is 7. The Morgan fingerprint density at radius 2 is 1.55 bits per heavy atom. The predicted octanol–water partition coefficient (Wildman–Crippen LogP) is 4.39. The quantitative estimate of drug-likeness (QED) is 0.597. The van der Waals surface area contributed by atoms with Crippen molar-refractivity contribution in [1.82, 2.24) is 4.90 Å². The first-order valence-electron chi connectivity index (χ1n) is 10.1. The van der Waals surface area contributed by atoms with Crippen molar-refractivity contribution >= 4 is 34.7 Å². The molecular weight excluding hydrogens is 439 g/mol. The Morgan fingerprint density at radius 1 is 0.970 bits per heavy atom. The maximum Gasteiger partial charge on any atom is 0.573 e.